The van der Waals surface area contributed by atoms with Crippen LogP contribution in [-0.2, 0) is 4.74 Å². The monoisotopic (exact) mass is 306 g/mol. The Morgan fingerprint density at radius 3 is 1.37 bits per heavy atom. The average Bonchev–Trinajstić information content (AvgIpc) is 2.41. The molecule has 0 fully saturated rings. The zero-order chi connectivity index (χ0) is 14.7. The van der Waals surface area contributed by atoms with Crippen LogP contribution in [0.25, 0.3) is 0 Å². The van der Waals surface area contributed by atoms with Gasteiger partial charge >= 0.3 is 0 Å². The van der Waals surface area contributed by atoms with Crippen LogP contribution in [0.4, 0.5) is 0 Å². The zero-order valence-corrected chi connectivity index (χ0v) is 14.0. The van der Waals surface area contributed by atoms with Gasteiger partial charge in [-0.05, 0) is 25.7 Å². The predicted molar refractivity (Wildman–Crippen MR) is 86.0 cm³/mol. The molecule has 5 heteroatoms. The van der Waals surface area contributed by atoms with Gasteiger partial charge in [0.25, 0.3) is 0 Å². The summed E-state index contributed by atoms with van der Waals surface area (Å²) in [5.41, 5.74) is 0. The summed E-state index contributed by atoms with van der Waals surface area (Å²) in [6, 6.07) is 0. The van der Waals surface area contributed by atoms with Crippen molar-refractivity contribution in [1.29, 1.82) is 0 Å². The van der Waals surface area contributed by atoms with Crippen molar-refractivity contribution < 1.29 is 13.8 Å². The molecule has 0 atom stereocenters. The van der Waals surface area contributed by atoms with Gasteiger partial charge in [0, 0.05) is 36.9 Å². The van der Waals surface area contributed by atoms with E-state index in [4.69, 9.17) is 4.74 Å². The Morgan fingerprint density at radius 2 is 1.16 bits per heavy atom. The van der Waals surface area contributed by atoms with Crippen molar-refractivity contribution in [1.82, 2.24) is 0 Å². The quantitative estimate of drug-likeness (QED) is 0.368. The molecule has 0 aromatic rings. The molecular formula is C14H26O3S2. The van der Waals surface area contributed by atoms with Gasteiger partial charge < -0.3 is 13.8 Å². The maximum absolute atomic E-state index is 9.33. The highest BCUT2D eigenvalue weighted by atomic mass is 32.2. The summed E-state index contributed by atoms with van der Waals surface area (Å²) in [7, 11) is 0. The Bertz CT molecular complexity index is 270. The summed E-state index contributed by atoms with van der Waals surface area (Å²) in [6.07, 6.45) is 5.04. The number of rotatable bonds is 10. The van der Waals surface area contributed by atoms with E-state index in [1.54, 1.807) is 0 Å². The summed E-state index contributed by atoms with van der Waals surface area (Å²) in [4.78, 5) is 1.74. The minimum absolute atomic E-state index is 0.754. The van der Waals surface area contributed by atoms with Gasteiger partial charge in [0.15, 0.2) is 0 Å². The number of hydrogen-bond donors (Lipinski definition) is 2. The smallest absolute Gasteiger partial charge is 0.115 e. The van der Waals surface area contributed by atoms with Gasteiger partial charge in [-0.15, -0.1) is 0 Å². The summed E-state index contributed by atoms with van der Waals surface area (Å²) < 4.78 is 24.7. The zero-order valence-electron chi connectivity index (χ0n) is 12.4. The van der Waals surface area contributed by atoms with Crippen molar-refractivity contribution in [2.24, 2.45) is 0 Å². The van der Waals surface area contributed by atoms with Gasteiger partial charge in [-0.3, -0.25) is 0 Å². The topological polar surface area (TPSA) is 49.7 Å². The number of hydrogen-bond acceptors (Lipinski definition) is 5. The molecule has 3 nitrogen and oxygen atoms in total. The fourth-order valence-electron chi connectivity index (χ4n) is 1.72. The van der Waals surface area contributed by atoms with E-state index in [9.17, 15) is 9.11 Å². The van der Waals surface area contributed by atoms with Crippen LogP contribution in [0.3, 0.4) is 0 Å². The minimum atomic E-state index is 0.754. The first-order valence-corrected chi connectivity index (χ1v) is 8.47. The molecule has 0 amide bonds. The molecule has 0 saturated heterocycles. The Balaban J connectivity index is 5.26. The van der Waals surface area contributed by atoms with E-state index in [0.717, 1.165) is 83.9 Å². The van der Waals surface area contributed by atoms with Crippen LogP contribution in [0.1, 0.15) is 66.2 Å². The van der Waals surface area contributed by atoms with Crippen molar-refractivity contribution >= 4 is 24.1 Å². The van der Waals surface area contributed by atoms with E-state index < -0.39 is 0 Å². The van der Waals surface area contributed by atoms with Crippen LogP contribution in [0.5, 0.6) is 0 Å². The van der Waals surface area contributed by atoms with Crippen LogP contribution >= 0.6 is 24.1 Å². The van der Waals surface area contributed by atoms with Gasteiger partial charge in [0.05, 0.1) is 9.81 Å². The molecule has 0 rings (SSSR count). The van der Waals surface area contributed by atoms with Crippen molar-refractivity contribution in [3.63, 3.8) is 0 Å². The summed E-state index contributed by atoms with van der Waals surface area (Å²) >= 11 is 1.54. The third-order valence-electron chi connectivity index (χ3n) is 2.69. The van der Waals surface area contributed by atoms with E-state index >= 15 is 0 Å². The van der Waals surface area contributed by atoms with E-state index in [1.165, 1.54) is 0 Å². The lowest BCUT2D eigenvalue weighted by atomic mass is 10.2. The van der Waals surface area contributed by atoms with E-state index in [1.807, 2.05) is 13.8 Å². The second kappa shape index (κ2) is 11.7. The van der Waals surface area contributed by atoms with Crippen LogP contribution in [-0.4, -0.2) is 9.11 Å². The molecule has 0 aliphatic carbocycles. The lowest BCUT2D eigenvalue weighted by Crippen LogP contribution is -2.00. The van der Waals surface area contributed by atoms with Crippen molar-refractivity contribution in [3.8, 4) is 0 Å². The first-order valence-electron chi connectivity index (χ1n) is 6.92. The predicted octanol–water partition coefficient (Wildman–Crippen LogP) is 6.26. The van der Waals surface area contributed by atoms with Gasteiger partial charge in [-0.25, -0.2) is 0 Å². The molecular weight excluding hydrogens is 280 g/mol. The summed E-state index contributed by atoms with van der Waals surface area (Å²) in [6.45, 7) is 8.18. The van der Waals surface area contributed by atoms with Gasteiger partial charge in [0.1, 0.15) is 11.5 Å². The molecule has 0 aromatic heterocycles. The highest BCUT2D eigenvalue weighted by molar-refractivity contribution is 7.97. The molecule has 0 spiro atoms. The summed E-state index contributed by atoms with van der Waals surface area (Å²) in [5, 5.41) is 0. The Hall–Kier alpha value is -0.100. The van der Waals surface area contributed by atoms with E-state index in [-0.39, 0.29) is 0 Å². The lowest BCUT2D eigenvalue weighted by molar-refractivity contribution is 0.269. The maximum Gasteiger partial charge on any atom is 0.115 e. The third kappa shape index (κ3) is 6.75. The molecule has 0 heterocycles. The Morgan fingerprint density at radius 1 is 0.789 bits per heavy atom. The van der Waals surface area contributed by atoms with Gasteiger partial charge in [-0.1, -0.05) is 27.7 Å². The highest BCUT2D eigenvalue weighted by Gasteiger charge is 2.13. The number of allylic oxidation sites excluding steroid dienone is 4. The first kappa shape index (κ1) is 18.9. The Kier molecular flexibility index (Phi) is 11.6. The largest absolute Gasteiger partial charge is 0.464 e. The van der Waals surface area contributed by atoms with Crippen molar-refractivity contribution in [2.45, 2.75) is 66.2 Å². The molecule has 0 unspecified atom stereocenters. The molecule has 0 aliphatic rings. The molecule has 0 radical (unpaired) electrons. The van der Waals surface area contributed by atoms with Crippen LogP contribution in [0.15, 0.2) is 21.3 Å². The number of ether oxygens (including phenoxy) is 1. The van der Waals surface area contributed by atoms with Gasteiger partial charge in [-0.2, -0.15) is 0 Å². The first-order chi connectivity index (χ1) is 9.18. The van der Waals surface area contributed by atoms with E-state index in [0.29, 0.717) is 0 Å². The second-order valence-electron chi connectivity index (χ2n) is 4.18. The fourth-order valence-corrected chi connectivity index (χ4v) is 2.47. The Labute approximate surface area is 125 Å². The van der Waals surface area contributed by atoms with Crippen LogP contribution in [0, 0.1) is 0 Å². The minimum Gasteiger partial charge on any atom is -0.464 e. The molecule has 19 heavy (non-hydrogen) atoms. The van der Waals surface area contributed by atoms with Gasteiger partial charge in [0.2, 0.25) is 0 Å². The highest BCUT2D eigenvalue weighted by Crippen LogP contribution is 2.31. The van der Waals surface area contributed by atoms with Crippen LogP contribution in [0.2, 0.25) is 0 Å². The normalized spacial score (nSPS) is 14.0. The molecule has 0 bridgehead atoms. The van der Waals surface area contributed by atoms with E-state index in [2.05, 4.69) is 13.8 Å². The molecule has 0 aromatic carbocycles. The van der Waals surface area contributed by atoms with Crippen LogP contribution < -0.4 is 0 Å². The molecule has 0 aliphatic heterocycles. The van der Waals surface area contributed by atoms with Crippen molar-refractivity contribution in [3.05, 3.63) is 21.3 Å². The lowest BCUT2D eigenvalue weighted by Gasteiger charge is -2.17. The molecule has 112 valence electrons. The fraction of sp³-hybridized carbons (Fsp3) is 0.714. The second-order valence-corrected chi connectivity index (χ2v) is 5.54. The molecule has 0 saturated carbocycles. The average molecular weight is 306 g/mol. The standard InChI is InChI=1S/C14H26O3S2/c1-5-9-11(13(7-3)18-15)17-12(10-6-2)14(8-4)19-16/h15-16H,5-10H2,1-4H3. The van der Waals surface area contributed by atoms with Crippen molar-refractivity contribution in [2.75, 3.05) is 0 Å². The maximum atomic E-state index is 9.33. The third-order valence-corrected chi connectivity index (χ3v) is 4.16. The SMILES string of the molecule is CCCC(OC(CCC)=C(CC)SO)=C(CC)SO. The molecule has 2 N–H and O–H groups in total. The summed E-state index contributed by atoms with van der Waals surface area (Å²) in [5.74, 6) is 1.67.